The van der Waals surface area contributed by atoms with Gasteiger partial charge in [-0.1, -0.05) is 12.1 Å². The minimum Gasteiger partial charge on any atom is -0.423 e. The van der Waals surface area contributed by atoms with E-state index in [1.54, 1.807) is 18.2 Å². The number of halogens is 1. The Bertz CT molecular complexity index is 958. The number of anilines is 1. The van der Waals surface area contributed by atoms with Gasteiger partial charge in [-0.25, -0.2) is 9.18 Å². The molecule has 2 aromatic rings. The van der Waals surface area contributed by atoms with Gasteiger partial charge in [0.1, 0.15) is 11.6 Å². The molecule has 3 fully saturated rings. The molecule has 2 aromatic carbocycles. The average Bonchev–Trinajstić information content (AvgIpc) is 3.37. The van der Waals surface area contributed by atoms with Crippen LogP contribution in [0.5, 0.6) is 5.75 Å². The van der Waals surface area contributed by atoms with Crippen LogP contribution >= 0.6 is 0 Å². The second kappa shape index (κ2) is 6.26. The molecular formula is C22H18FNO4. The smallest absolute Gasteiger partial charge is 0.346 e. The van der Waals surface area contributed by atoms with Crippen molar-refractivity contribution in [1.82, 2.24) is 0 Å². The highest BCUT2D eigenvalue weighted by Crippen LogP contribution is 2.56. The van der Waals surface area contributed by atoms with Crippen molar-refractivity contribution < 1.29 is 23.5 Å². The van der Waals surface area contributed by atoms with Gasteiger partial charge in [0.2, 0.25) is 11.8 Å². The van der Waals surface area contributed by atoms with Gasteiger partial charge < -0.3 is 4.74 Å². The Kier molecular flexibility index (Phi) is 3.82. The number of ether oxygens (including phenoxy) is 1. The van der Waals surface area contributed by atoms with Gasteiger partial charge in [-0.15, -0.1) is 0 Å². The maximum absolute atomic E-state index is 13.7. The first-order valence-corrected chi connectivity index (χ1v) is 9.49. The van der Waals surface area contributed by atoms with E-state index in [1.165, 1.54) is 35.2 Å². The van der Waals surface area contributed by atoms with E-state index in [-0.39, 0.29) is 35.0 Å². The zero-order valence-electron chi connectivity index (χ0n) is 15.0. The third kappa shape index (κ3) is 2.47. The molecule has 28 heavy (non-hydrogen) atoms. The van der Waals surface area contributed by atoms with E-state index in [0.717, 1.165) is 19.3 Å². The first kappa shape index (κ1) is 17.1. The molecule has 6 heteroatoms. The standard InChI is InChI=1S/C22H18FNO4/c23-17-4-2-1-3-16(17)22(27)28-15-9-7-14(8-10-15)24-20(25)18-12-5-6-13(11-12)19(18)21(24)26/h1-4,7-10,12-13,18-19H,5-6,11H2/t12-,13-,18+,19+/m1/s1. The molecule has 2 bridgehead atoms. The Morgan fingerprint density at radius 2 is 1.54 bits per heavy atom. The Balaban J connectivity index is 1.35. The minimum absolute atomic E-state index is 0.113. The van der Waals surface area contributed by atoms with Gasteiger partial charge in [0, 0.05) is 0 Å². The van der Waals surface area contributed by atoms with Crippen molar-refractivity contribution >= 4 is 23.5 Å². The summed E-state index contributed by atoms with van der Waals surface area (Å²) in [6.45, 7) is 0. The zero-order chi connectivity index (χ0) is 19.4. The molecule has 0 aromatic heterocycles. The van der Waals surface area contributed by atoms with Gasteiger partial charge in [0.25, 0.3) is 0 Å². The molecule has 0 N–H and O–H groups in total. The van der Waals surface area contributed by atoms with Crippen LogP contribution in [0, 0.1) is 29.5 Å². The fourth-order valence-electron chi connectivity index (χ4n) is 5.12. The second-order valence-electron chi connectivity index (χ2n) is 7.76. The summed E-state index contributed by atoms with van der Waals surface area (Å²) in [5, 5.41) is 0. The molecule has 0 spiro atoms. The Labute approximate surface area is 161 Å². The molecule has 1 aliphatic heterocycles. The van der Waals surface area contributed by atoms with Crippen LogP contribution in [-0.4, -0.2) is 17.8 Å². The lowest BCUT2D eigenvalue weighted by Gasteiger charge is -2.19. The molecule has 2 saturated carbocycles. The molecule has 4 atom stereocenters. The first-order chi connectivity index (χ1) is 13.5. The van der Waals surface area contributed by atoms with Crippen LogP contribution in [0.15, 0.2) is 48.5 Å². The molecular weight excluding hydrogens is 361 g/mol. The van der Waals surface area contributed by atoms with E-state index in [1.807, 2.05) is 0 Å². The number of benzene rings is 2. The SMILES string of the molecule is O=C(Oc1ccc(N2C(=O)[C@H]3[C@@H]4CC[C@H](C4)[C@@H]3C2=O)cc1)c1ccccc1F. The van der Waals surface area contributed by atoms with Crippen molar-refractivity contribution in [2.75, 3.05) is 4.90 Å². The number of imide groups is 1. The van der Waals surface area contributed by atoms with Gasteiger partial charge in [0.05, 0.1) is 23.1 Å². The highest BCUT2D eigenvalue weighted by atomic mass is 19.1. The fraction of sp³-hybridized carbons (Fsp3) is 0.318. The van der Waals surface area contributed by atoms with E-state index < -0.39 is 11.8 Å². The van der Waals surface area contributed by atoms with Crippen molar-refractivity contribution in [2.45, 2.75) is 19.3 Å². The fourth-order valence-corrected chi connectivity index (χ4v) is 5.12. The number of nitrogens with zero attached hydrogens (tertiary/aromatic N) is 1. The van der Waals surface area contributed by atoms with E-state index in [0.29, 0.717) is 17.5 Å². The maximum Gasteiger partial charge on any atom is 0.346 e. The molecule has 2 aliphatic carbocycles. The number of hydrogen-bond acceptors (Lipinski definition) is 4. The summed E-state index contributed by atoms with van der Waals surface area (Å²) >= 11 is 0. The van der Waals surface area contributed by atoms with Gasteiger partial charge in [-0.2, -0.15) is 0 Å². The van der Waals surface area contributed by atoms with Crippen molar-refractivity contribution in [3.05, 3.63) is 59.9 Å². The third-order valence-electron chi connectivity index (χ3n) is 6.33. The van der Waals surface area contributed by atoms with Crippen LogP contribution in [0.1, 0.15) is 29.6 Å². The highest BCUT2D eigenvalue weighted by molar-refractivity contribution is 6.22. The summed E-state index contributed by atoms with van der Waals surface area (Å²) < 4.78 is 18.9. The molecule has 142 valence electrons. The first-order valence-electron chi connectivity index (χ1n) is 9.49. The third-order valence-corrected chi connectivity index (χ3v) is 6.33. The number of carbonyl (C=O) groups is 3. The number of esters is 1. The quantitative estimate of drug-likeness (QED) is 0.465. The zero-order valence-corrected chi connectivity index (χ0v) is 15.0. The number of fused-ring (bicyclic) bond motifs is 5. The van der Waals surface area contributed by atoms with E-state index in [4.69, 9.17) is 4.74 Å². The lowest BCUT2D eigenvalue weighted by atomic mass is 9.81. The van der Waals surface area contributed by atoms with E-state index in [9.17, 15) is 18.8 Å². The molecule has 1 heterocycles. The predicted octanol–water partition coefficient (Wildman–Crippen LogP) is 3.58. The van der Waals surface area contributed by atoms with Crippen molar-refractivity contribution in [1.29, 1.82) is 0 Å². The lowest BCUT2D eigenvalue weighted by Crippen LogP contribution is -2.32. The van der Waals surface area contributed by atoms with Crippen molar-refractivity contribution in [3.63, 3.8) is 0 Å². The van der Waals surface area contributed by atoms with E-state index in [2.05, 4.69) is 0 Å². The van der Waals surface area contributed by atoms with E-state index >= 15 is 0 Å². The molecule has 0 radical (unpaired) electrons. The van der Waals surface area contributed by atoms with Crippen LogP contribution in [0.4, 0.5) is 10.1 Å². The molecule has 0 unspecified atom stereocenters. The Morgan fingerprint density at radius 3 is 2.14 bits per heavy atom. The number of rotatable bonds is 3. The predicted molar refractivity (Wildman–Crippen MR) is 98.1 cm³/mol. The number of amides is 2. The minimum atomic E-state index is -0.801. The van der Waals surface area contributed by atoms with Gasteiger partial charge in [-0.3, -0.25) is 14.5 Å². The largest absolute Gasteiger partial charge is 0.423 e. The van der Waals surface area contributed by atoms with Gasteiger partial charge >= 0.3 is 5.97 Å². The summed E-state index contributed by atoms with van der Waals surface area (Å²) in [6.07, 6.45) is 3.05. The molecule has 1 saturated heterocycles. The van der Waals surface area contributed by atoms with Crippen LogP contribution in [-0.2, 0) is 9.59 Å². The maximum atomic E-state index is 13.7. The second-order valence-corrected chi connectivity index (χ2v) is 7.76. The average molecular weight is 379 g/mol. The van der Waals surface area contributed by atoms with Gasteiger partial charge in [-0.05, 0) is 67.5 Å². The van der Waals surface area contributed by atoms with Gasteiger partial charge in [0.15, 0.2) is 0 Å². The van der Waals surface area contributed by atoms with Crippen LogP contribution in [0.3, 0.4) is 0 Å². The monoisotopic (exact) mass is 379 g/mol. The van der Waals surface area contributed by atoms with Crippen molar-refractivity contribution in [3.8, 4) is 5.75 Å². The highest BCUT2D eigenvalue weighted by Gasteiger charge is 2.61. The Hall–Kier alpha value is -3.02. The van der Waals surface area contributed by atoms with Crippen LogP contribution < -0.4 is 9.64 Å². The number of hydrogen-bond donors (Lipinski definition) is 0. The lowest BCUT2D eigenvalue weighted by molar-refractivity contribution is -0.123. The summed E-state index contributed by atoms with van der Waals surface area (Å²) in [5.74, 6) is -1.15. The summed E-state index contributed by atoms with van der Waals surface area (Å²) in [7, 11) is 0. The number of carbonyl (C=O) groups excluding carboxylic acids is 3. The molecule has 5 rings (SSSR count). The van der Waals surface area contributed by atoms with Crippen LogP contribution in [0.2, 0.25) is 0 Å². The molecule has 2 amide bonds. The molecule has 3 aliphatic rings. The summed E-state index contributed by atoms with van der Waals surface area (Å²) in [6, 6.07) is 11.8. The summed E-state index contributed by atoms with van der Waals surface area (Å²) in [4.78, 5) is 39.1. The normalized spacial score (nSPS) is 28.0. The van der Waals surface area contributed by atoms with Crippen LogP contribution in [0.25, 0.3) is 0 Å². The topological polar surface area (TPSA) is 63.7 Å². The molecule has 5 nitrogen and oxygen atoms in total. The summed E-state index contributed by atoms with van der Waals surface area (Å²) in [5.41, 5.74) is 0.328. The van der Waals surface area contributed by atoms with Crippen molar-refractivity contribution in [2.24, 2.45) is 23.7 Å². The Morgan fingerprint density at radius 1 is 0.929 bits per heavy atom.